The fourth-order valence-electron chi connectivity index (χ4n) is 1.19. The van der Waals surface area contributed by atoms with E-state index in [1.807, 2.05) is 10.3 Å². The molecule has 1 aromatic rings. The van der Waals surface area contributed by atoms with E-state index in [-0.39, 0.29) is 23.0 Å². The standard InChI is InChI=1S/C8H13N3O5S/c1-4-15-8(12)9-11-17(13,14)7-5(2)10-16-6(7)3/h11H,4H2,1-3H3,(H,9,12). The Morgan fingerprint density at radius 3 is 2.59 bits per heavy atom. The van der Waals surface area contributed by atoms with Gasteiger partial charge in [-0.2, -0.15) is 0 Å². The average Bonchev–Trinajstić information content (AvgIpc) is 2.57. The van der Waals surface area contributed by atoms with Crippen LogP contribution >= 0.6 is 0 Å². The number of amides is 1. The molecule has 0 radical (unpaired) electrons. The van der Waals surface area contributed by atoms with E-state index in [0.29, 0.717) is 0 Å². The Morgan fingerprint density at radius 2 is 2.12 bits per heavy atom. The van der Waals surface area contributed by atoms with Crippen LogP contribution in [0.4, 0.5) is 4.79 Å². The van der Waals surface area contributed by atoms with Gasteiger partial charge in [0, 0.05) is 0 Å². The van der Waals surface area contributed by atoms with Crippen molar-refractivity contribution >= 4 is 16.1 Å². The highest BCUT2D eigenvalue weighted by Gasteiger charge is 2.24. The van der Waals surface area contributed by atoms with Crippen molar-refractivity contribution in [2.24, 2.45) is 0 Å². The third kappa shape index (κ3) is 3.17. The predicted octanol–water partition coefficient (Wildman–Crippen LogP) is 0.231. The zero-order valence-electron chi connectivity index (χ0n) is 9.60. The molecule has 0 fully saturated rings. The minimum Gasteiger partial charge on any atom is -0.449 e. The minimum atomic E-state index is -3.91. The van der Waals surface area contributed by atoms with Crippen LogP contribution in [-0.2, 0) is 14.8 Å². The smallest absolute Gasteiger partial charge is 0.422 e. The molecule has 1 heterocycles. The highest BCUT2D eigenvalue weighted by Crippen LogP contribution is 2.17. The van der Waals surface area contributed by atoms with Crippen LogP contribution < -0.4 is 10.3 Å². The van der Waals surface area contributed by atoms with Crippen molar-refractivity contribution in [1.29, 1.82) is 0 Å². The summed E-state index contributed by atoms with van der Waals surface area (Å²) in [7, 11) is -3.91. The lowest BCUT2D eigenvalue weighted by molar-refractivity contribution is 0.150. The van der Waals surface area contributed by atoms with Gasteiger partial charge < -0.3 is 9.26 Å². The SMILES string of the molecule is CCOC(=O)NNS(=O)(=O)c1c(C)noc1C. The largest absolute Gasteiger partial charge is 0.449 e. The number of carbonyl (C=O) groups is 1. The van der Waals surface area contributed by atoms with Crippen molar-refractivity contribution in [3.63, 3.8) is 0 Å². The summed E-state index contributed by atoms with van der Waals surface area (Å²) in [4.78, 5) is 12.7. The second-order valence-electron chi connectivity index (χ2n) is 3.10. The number of nitrogens with one attached hydrogen (secondary N) is 2. The van der Waals surface area contributed by atoms with E-state index in [4.69, 9.17) is 4.52 Å². The number of hydrogen-bond acceptors (Lipinski definition) is 6. The maximum Gasteiger partial charge on any atom is 0.422 e. The zero-order valence-corrected chi connectivity index (χ0v) is 10.4. The molecule has 1 amide bonds. The number of hydrogen-bond donors (Lipinski definition) is 2. The van der Waals surface area contributed by atoms with Crippen molar-refractivity contribution in [2.45, 2.75) is 25.7 Å². The molecule has 0 unspecified atom stereocenters. The van der Waals surface area contributed by atoms with E-state index < -0.39 is 16.1 Å². The minimum absolute atomic E-state index is 0.103. The second-order valence-corrected chi connectivity index (χ2v) is 4.72. The van der Waals surface area contributed by atoms with E-state index in [1.54, 1.807) is 6.92 Å². The highest BCUT2D eigenvalue weighted by molar-refractivity contribution is 7.89. The molecule has 0 aliphatic heterocycles. The van der Waals surface area contributed by atoms with Crippen molar-refractivity contribution < 1.29 is 22.5 Å². The van der Waals surface area contributed by atoms with Crippen LogP contribution in [-0.4, -0.2) is 26.3 Å². The Hall–Kier alpha value is -1.61. The van der Waals surface area contributed by atoms with Crippen LogP contribution in [0.5, 0.6) is 0 Å². The number of nitrogens with zero attached hydrogens (tertiary/aromatic N) is 1. The maximum absolute atomic E-state index is 11.8. The first-order chi connectivity index (χ1) is 7.88. The van der Waals surface area contributed by atoms with Gasteiger partial charge >= 0.3 is 6.09 Å². The van der Waals surface area contributed by atoms with Gasteiger partial charge in [0.05, 0.1) is 6.61 Å². The van der Waals surface area contributed by atoms with Crippen LogP contribution in [0.1, 0.15) is 18.4 Å². The summed E-state index contributed by atoms with van der Waals surface area (Å²) in [6.45, 7) is 4.68. The summed E-state index contributed by atoms with van der Waals surface area (Å²) in [6, 6.07) is 0. The van der Waals surface area contributed by atoms with E-state index in [9.17, 15) is 13.2 Å². The molecule has 0 aromatic carbocycles. The Kier molecular flexibility index (Phi) is 4.07. The van der Waals surface area contributed by atoms with Crippen LogP contribution in [0, 0.1) is 13.8 Å². The number of hydrazine groups is 1. The number of aromatic nitrogens is 1. The Morgan fingerprint density at radius 1 is 1.47 bits per heavy atom. The molecular formula is C8H13N3O5S. The molecule has 2 N–H and O–H groups in total. The number of aryl methyl sites for hydroxylation is 2. The average molecular weight is 263 g/mol. The molecule has 0 spiro atoms. The van der Waals surface area contributed by atoms with Gasteiger partial charge in [-0.1, -0.05) is 5.16 Å². The quantitative estimate of drug-likeness (QED) is 0.752. The number of rotatable bonds is 4. The van der Waals surface area contributed by atoms with Crippen LogP contribution in [0.25, 0.3) is 0 Å². The van der Waals surface area contributed by atoms with Gasteiger partial charge in [-0.05, 0) is 20.8 Å². The zero-order chi connectivity index (χ0) is 13.1. The first-order valence-electron chi connectivity index (χ1n) is 4.76. The highest BCUT2D eigenvalue weighted by atomic mass is 32.2. The monoisotopic (exact) mass is 263 g/mol. The number of carbonyl (C=O) groups excluding carboxylic acids is 1. The van der Waals surface area contributed by atoms with Gasteiger partial charge in [0.15, 0.2) is 5.76 Å². The molecule has 8 nitrogen and oxygen atoms in total. The second kappa shape index (κ2) is 5.15. The van der Waals surface area contributed by atoms with Gasteiger partial charge in [-0.25, -0.2) is 18.6 Å². The molecule has 0 atom stereocenters. The van der Waals surface area contributed by atoms with Crippen molar-refractivity contribution in [3.05, 3.63) is 11.5 Å². The lowest BCUT2D eigenvalue weighted by atomic mass is 10.4. The molecule has 0 aliphatic carbocycles. The molecular weight excluding hydrogens is 250 g/mol. The summed E-state index contributed by atoms with van der Waals surface area (Å²) in [5.74, 6) is 0.139. The molecule has 0 saturated heterocycles. The Bertz CT molecular complexity index is 488. The lowest BCUT2D eigenvalue weighted by Crippen LogP contribution is -2.42. The number of ether oxygens (including phenoxy) is 1. The molecule has 0 saturated carbocycles. The fourth-order valence-corrected chi connectivity index (χ4v) is 2.35. The molecule has 96 valence electrons. The van der Waals surface area contributed by atoms with Crippen LogP contribution in [0.3, 0.4) is 0 Å². The van der Waals surface area contributed by atoms with Gasteiger partial charge in [-0.3, -0.25) is 0 Å². The Labute approximate surface area is 98.3 Å². The van der Waals surface area contributed by atoms with E-state index in [1.165, 1.54) is 13.8 Å². The normalized spacial score (nSPS) is 11.2. The van der Waals surface area contributed by atoms with Crippen molar-refractivity contribution in [2.75, 3.05) is 6.61 Å². The summed E-state index contributed by atoms with van der Waals surface area (Å²) < 4.78 is 32.7. The van der Waals surface area contributed by atoms with Crippen LogP contribution in [0.2, 0.25) is 0 Å². The molecule has 17 heavy (non-hydrogen) atoms. The summed E-state index contributed by atoms with van der Waals surface area (Å²) in [5.41, 5.74) is 2.11. The van der Waals surface area contributed by atoms with E-state index in [2.05, 4.69) is 9.89 Å². The van der Waals surface area contributed by atoms with Gasteiger partial charge in [0.2, 0.25) is 0 Å². The van der Waals surface area contributed by atoms with Gasteiger partial charge in [0.25, 0.3) is 10.0 Å². The molecule has 1 aromatic heterocycles. The number of sulfonamides is 1. The predicted molar refractivity (Wildman–Crippen MR) is 56.5 cm³/mol. The van der Waals surface area contributed by atoms with Gasteiger partial charge in [-0.15, -0.1) is 4.83 Å². The van der Waals surface area contributed by atoms with Crippen molar-refractivity contribution in [3.8, 4) is 0 Å². The first-order valence-corrected chi connectivity index (χ1v) is 6.24. The summed E-state index contributed by atoms with van der Waals surface area (Å²) in [5, 5.41) is 3.51. The Balaban J connectivity index is 2.80. The summed E-state index contributed by atoms with van der Waals surface area (Å²) in [6.07, 6.45) is -0.886. The lowest BCUT2D eigenvalue weighted by Gasteiger charge is -2.07. The molecule has 0 bridgehead atoms. The van der Waals surface area contributed by atoms with Gasteiger partial charge in [0.1, 0.15) is 10.6 Å². The third-order valence-corrected chi connectivity index (χ3v) is 3.29. The fraction of sp³-hybridized carbons (Fsp3) is 0.500. The van der Waals surface area contributed by atoms with E-state index in [0.717, 1.165) is 0 Å². The third-order valence-electron chi connectivity index (χ3n) is 1.80. The van der Waals surface area contributed by atoms with Crippen molar-refractivity contribution in [1.82, 2.24) is 15.4 Å². The molecule has 0 aliphatic rings. The first kappa shape index (κ1) is 13.5. The maximum atomic E-state index is 11.8. The van der Waals surface area contributed by atoms with E-state index >= 15 is 0 Å². The molecule has 1 rings (SSSR count). The summed E-state index contributed by atoms with van der Waals surface area (Å²) >= 11 is 0. The topological polar surface area (TPSA) is 111 Å². The molecule has 9 heteroatoms. The van der Waals surface area contributed by atoms with Crippen LogP contribution in [0.15, 0.2) is 9.42 Å².